The number of hydrogen-bond acceptors (Lipinski definition) is 7. The Kier molecular flexibility index (Phi) is 12.1. The van der Waals surface area contributed by atoms with E-state index in [0.29, 0.717) is 25.9 Å². The molecule has 0 spiro atoms. The number of benzene rings is 4. The number of ether oxygens (including phenoxy) is 2. The number of sulfone groups is 2. The van der Waals surface area contributed by atoms with E-state index in [1.165, 1.54) is 34.6 Å². The van der Waals surface area contributed by atoms with Crippen LogP contribution in [0.5, 0.6) is 0 Å². The third-order valence-corrected chi connectivity index (χ3v) is 19.4. The molecule has 0 aliphatic carbocycles. The summed E-state index contributed by atoms with van der Waals surface area (Å²) in [5.74, 6) is 3.99. The van der Waals surface area contributed by atoms with Crippen LogP contribution in [0.1, 0.15) is 53.9 Å². The second-order valence-corrected chi connectivity index (χ2v) is 23.0. The average molecular weight is 745 g/mol. The van der Waals surface area contributed by atoms with Crippen LogP contribution in [0, 0.1) is 17.8 Å². The van der Waals surface area contributed by atoms with E-state index in [2.05, 4.69) is 81.1 Å². The zero-order valence-electron chi connectivity index (χ0n) is 30.0. The minimum Gasteiger partial charge on any atom is -0.407 e. The molecule has 10 heteroatoms. The molecule has 0 N–H and O–H groups in total. The highest BCUT2D eigenvalue weighted by Crippen LogP contribution is 2.38. The van der Waals surface area contributed by atoms with Crippen LogP contribution in [-0.2, 0) is 33.6 Å². The van der Waals surface area contributed by atoms with Gasteiger partial charge in [0.2, 0.25) is 0 Å². The molecule has 0 unspecified atom stereocenters. The van der Waals surface area contributed by atoms with Gasteiger partial charge in [-0.2, -0.15) is 0 Å². The summed E-state index contributed by atoms with van der Waals surface area (Å²) in [6.45, 7) is 10.7. The van der Waals surface area contributed by atoms with E-state index in [4.69, 9.17) is 13.9 Å². The van der Waals surface area contributed by atoms with Gasteiger partial charge in [0.1, 0.15) is 6.10 Å². The minimum absolute atomic E-state index is 0.00376. The Labute approximate surface area is 305 Å². The lowest BCUT2D eigenvalue weighted by Gasteiger charge is -2.43. The smallest absolute Gasteiger partial charge is 0.261 e. The molecule has 0 aromatic heterocycles. The summed E-state index contributed by atoms with van der Waals surface area (Å²) in [7, 11) is -11.6. The first-order valence-electron chi connectivity index (χ1n) is 17.3. The number of hydrogen-bond donors (Lipinski definition) is 0. The Morgan fingerprint density at radius 1 is 0.745 bits per heavy atom. The molecule has 7 nitrogen and oxygen atoms in total. The molecule has 5 rings (SSSR count). The van der Waals surface area contributed by atoms with Gasteiger partial charge in [-0.3, -0.25) is 0 Å². The zero-order chi connectivity index (χ0) is 36.8. The summed E-state index contributed by atoms with van der Waals surface area (Å²) < 4.78 is 74.4. The molecule has 4 aromatic rings. The van der Waals surface area contributed by atoms with E-state index < -0.39 is 50.4 Å². The maximum absolute atomic E-state index is 14.3. The van der Waals surface area contributed by atoms with Crippen LogP contribution in [0.4, 0.5) is 0 Å². The Balaban J connectivity index is 1.42. The van der Waals surface area contributed by atoms with Gasteiger partial charge < -0.3 is 13.9 Å². The molecule has 1 aliphatic rings. The highest BCUT2D eigenvalue weighted by Gasteiger charge is 2.52. The van der Waals surface area contributed by atoms with Crippen LogP contribution in [0.3, 0.4) is 0 Å². The van der Waals surface area contributed by atoms with Gasteiger partial charge in [-0.15, -0.1) is 5.92 Å². The lowest BCUT2D eigenvalue weighted by Crippen LogP contribution is -2.66. The topological polar surface area (TPSA) is 96.0 Å². The van der Waals surface area contributed by atoms with Crippen molar-refractivity contribution >= 4 is 38.4 Å². The number of unbranched alkanes of at least 4 members (excludes halogenated alkanes) is 2. The van der Waals surface area contributed by atoms with E-state index in [1.807, 2.05) is 12.1 Å². The SMILES string of the molecule is CC1(C)OC[C@H]([C@H](C#CCCCCO[Si](c2ccccc2)(c2ccccc2)C(C)(C)C)C(S(=O)(=O)c2ccccc2)S(=O)(=O)c2ccccc2)O1. The maximum Gasteiger partial charge on any atom is 0.261 e. The fourth-order valence-electron chi connectivity index (χ4n) is 6.76. The molecule has 1 heterocycles. The third kappa shape index (κ3) is 8.57. The van der Waals surface area contributed by atoms with Gasteiger partial charge in [0, 0.05) is 13.0 Å². The zero-order valence-corrected chi connectivity index (χ0v) is 32.6. The van der Waals surface area contributed by atoms with Gasteiger partial charge in [0.25, 0.3) is 8.32 Å². The summed E-state index contributed by atoms with van der Waals surface area (Å²) in [5, 5.41) is 2.26. The third-order valence-electron chi connectivity index (χ3n) is 9.18. The summed E-state index contributed by atoms with van der Waals surface area (Å²) in [5.41, 5.74) is 0. The predicted molar refractivity (Wildman–Crippen MR) is 205 cm³/mol. The van der Waals surface area contributed by atoms with Gasteiger partial charge in [0.15, 0.2) is 30.0 Å². The molecule has 0 saturated carbocycles. The van der Waals surface area contributed by atoms with E-state index in [0.717, 1.165) is 0 Å². The summed E-state index contributed by atoms with van der Waals surface area (Å²) >= 11 is 0. The molecule has 0 radical (unpaired) electrons. The second-order valence-electron chi connectivity index (χ2n) is 14.3. The molecule has 0 amide bonds. The monoisotopic (exact) mass is 744 g/mol. The molecular weight excluding hydrogens is 697 g/mol. The van der Waals surface area contributed by atoms with Gasteiger partial charge in [-0.25, -0.2) is 16.8 Å². The Hall–Kier alpha value is -3.56. The van der Waals surface area contributed by atoms with Gasteiger partial charge in [-0.05, 0) is 66.4 Å². The van der Waals surface area contributed by atoms with E-state index >= 15 is 0 Å². The predicted octanol–water partition coefficient (Wildman–Crippen LogP) is 6.78. The highest BCUT2D eigenvalue weighted by molar-refractivity contribution is 8.09. The van der Waals surface area contributed by atoms with Crippen molar-refractivity contribution in [2.75, 3.05) is 13.2 Å². The van der Waals surface area contributed by atoms with Crippen molar-refractivity contribution in [3.05, 3.63) is 121 Å². The Morgan fingerprint density at radius 2 is 1.20 bits per heavy atom. The molecule has 2 atom stereocenters. The first-order valence-corrected chi connectivity index (χ1v) is 22.3. The molecule has 1 saturated heterocycles. The largest absolute Gasteiger partial charge is 0.407 e. The fraction of sp³-hybridized carbons (Fsp3) is 0.366. The molecule has 270 valence electrons. The van der Waals surface area contributed by atoms with Gasteiger partial charge in [0.05, 0.1) is 22.3 Å². The Bertz CT molecular complexity index is 1890. The average Bonchev–Trinajstić information content (AvgIpc) is 3.48. The van der Waals surface area contributed by atoms with E-state index in [9.17, 15) is 16.8 Å². The lowest BCUT2D eigenvalue weighted by atomic mass is 10.1. The highest BCUT2D eigenvalue weighted by atomic mass is 32.3. The number of rotatable bonds is 13. The first kappa shape index (κ1) is 38.7. The van der Waals surface area contributed by atoms with Crippen LogP contribution in [-0.4, -0.2) is 54.8 Å². The quantitative estimate of drug-likeness (QED) is 0.0847. The van der Waals surface area contributed by atoms with Crippen molar-refractivity contribution < 1.29 is 30.7 Å². The van der Waals surface area contributed by atoms with Crippen LogP contribution < -0.4 is 10.4 Å². The van der Waals surface area contributed by atoms with Crippen LogP contribution in [0.25, 0.3) is 0 Å². The first-order chi connectivity index (χ1) is 24.2. The van der Waals surface area contributed by atoms with E-state index in [1.54, 1.807) is 50.2 Å². The summed E-state index contributed by atoms with van der Waals surface area (Å²) in [4.78, 5) is -0.195. The molecule has 51 heavy (non-hydrogen) atoms. The normalized spacial score (nSPS) is 17.1. The van der Waals surface area contributed by atoms with Crippen molar-refractivity contribution in [3.63, 3.8) is 0 Å². The molecule has 1 aliphatic heterocycles. The van der Waals surface area contributed by atoms with Crippen molar-refractivity contribution in [1.82, 2.24) is 0 Å². The van der Waals surface area contributed by atoms with Crippen LogP contribution in [0.15, 0.2) is 131 Å². The molecular formula is C41H48O7S2Si. The van der Waals surface area contributed by atoms with E-state index in [-0.39, 0.29) is 21.4 Å². The van der Waals surface area contributed by atoms with Crippen LogP contribution in [0.2, 0.25) is 5.04 Å². The fourth-order valence-corrected chi connectivity index (χ4v) is 16.2. The van der Waals surface area contributed by atoms with Crippen molar-refractivity contribution in [2.45, 2.75) is 85.2 Å². The maximum atomic E-state index is 14.3. The standard InChI is InChI=1S/C41H48O7S2Si/c1-40(2,3)51(35-26-16-10-17-27-35,36-28-18-11-19-29-36)47-31-21-7-6-20-30-37(38-32-46-41(4,5)48-38)39(49(42,43)33-22-12-8-13-23-33)50(44,45)34-24-14-9-15-25-34/h8-19,22-29,37-39H,6-7,21,31-32H2,1-5H3/t37-,38+/m0/s1. The van der Waals surface area contributed by atoms with Crippen molar-refractivity contribution in [1.29, 1.82) is 0 Å². The van der Waals surface area contributed by atoms with Gasteiger partial charge >= 0.3 is 0 Å². The Morgan fingerprint density at radius 3 is 1.61 bits per heavy atom. The lowest BCUT2D eigenvalue weighted by molar-refractivity contribution is -0.141. The van der Waals surface area contributed by atoms with Crippen molar-refractivity contribution in [2.24, 2.45) is 5.92 Å². The van der Waals surface area contributed by atoms with Gasteiger partial charge in [-0.1, -0.05) is 124 Å². The molecule has 1 fully saturated rings. The van der Waals surface area contributed by atoms with Crippen molar-refractivity contribution in [3.8, 4) is 11.8 Å². The molecule has 0 bridgehead atoms. The second kappa shape index (κ2) is 16.0. The molecule has 4 aromatic carbocycles. The summed E-state index contributed by atoms with van der Waals surface area (Å²) in [6.07, 6.45) is 0.912. The van der Waals surface area contributed by atoms with Crippen LogP contribution >= 0.6 is 0 Å². The minimum atomic E-state index is -4.46. The summed E-state index contributed by atoms with van der Waals surface area (Å²) in [6, 6.07) is 36.3.